The maximum absolute atomic E-state index is 2.52. The first-order chi connectivity index (χ1) is 7.91. The summed E-state index contributed by atoms with van der Waals surface area (Å²) in [6.07, 6.45) is 16.9. The Balaban J connectivity index is 0.00000108. The summed E-state index contributed by atoms with van der Waals surface area (Å²) >= 11 is 0. The minimum atomic E-state index is 0. The first-order valence-electron chi connectivity index (χ1n) is 7.43. The predicted octanol–water partition coefficient (Wildman–Crippen LogP) is 0.510. The lowest BCUT2D eigenvalue weighted by atomic mass is 9.77. The second-order valence-electron chi connectivity index (χ2n) is 6.23. The van der Waals surface area contributed by atoms with Gasteiger partial charge in [0.2, 0.25) is 0 Å². The number of hydrogen-bond acceptors (Lipinski definition) is 0. The van der Waals surface area contributed by atoms with E-state index in [0.717, 1.165) is 12.0 Å². The van der Waals surface area contributed by atoms with Crippen LogP contribution in [0.3, 0.4) is 0 Å². The molecule has 4 heterocycles. The smallest absolute Gasteiger partial charge is 0.101 e. The Morgan fingerprint density at radius 2 is 1.59 bits per heavy atom. The molecule has 0 aliphatic carbocycles. The number of halogens is 1. The van der Waals surface area contributed by atoms with Crippen molar-refractivity contribution < 1.29 is 21.5 Å². The molecule has 3 atom stereocenters. The number of rotatable bonds is 0. The van der Waals surface area contributed by atoms with Crippen LogP contribution in [0.15, 0.2) is 12.2 Å². The van der Waals surface area contributed by atoms with E-state index in [1.54, 1.807) is 0 Å². The van der Waals surface area contributed by atoms with Crippen molar-refractivity contribution in [2.75, 3.05) is 19.6 Å². The van der Waals surface area contributed by atoms with Crippen LogP contribution in [0.1, 0.15) is 51.4 Å². The van der Waals surface area contributed by atoms with E-state index < -0.39 is 0 Å². The molecule has 2 heteroatoms. The summed E-state index contributed by atoms with van der Waals surface area (Å²) in [5.41, 5.74) is 0. The van der Waals surface area contributed by atoms with E-state index in [-0.39, 0.29) is 17.0 Å². The quantitative estimate of drug-likeness (QED) is 0.452. The maximum atomic E-state index is 2.52. The molecule has 98 valence electrons. The second kappa shape index (κ2) is 5.88. The van der Waals surface area contributed by atoms with Gasteiger partial charge in [0.15, 0.2) is 0 Å². The zero-order chi connectivity index (χ0) is 10.8. The highest BCUT2D eigenvalue weighted by molar-refractivity contribution is 5.03. The molecule has 0 radical (unpaired) electrons. The highest BCUT2D eigenvalue weighted by atomic mass is 79.9. The van der Waals surface area contributed by atoms with Gasteiger partial charge >= 0.3 is 0 Å². The third-order valence-electron chi connectivity index (χ3n) is 5.23. The molecule has 1 nitrogen and oxygen atoms in total. The Bertz CT molecular complexity index is 276. The van der Waals surface area contributed by atoms with E-state index in [1.807, 2.05) is 0 Å². The Kier molecular flexibility index (Phi) is 4.71. The van der Waals surface area contributed by atoms with E-state index >= 15 is 0 Å². The van der Waals surface area contributed by atoms with Gasteiger partial charge in [0.1, 0.15) is 6.04 Å². The highest BCUT2D eigenvalue weighted by Crippen LogP contribution is 2.42. The monoisotopic (exact) mass is 299 g/mol. The summed E-state index contributed by atoms with van der Waals surface area (Å²) in [6, 6.07) is 1.02. The average molecular weight is 300 g/mol. The molecule has 0 aromatic rings. The minimum Gasteiger partial charge on any atom is -1.00 e. The summed E-state index contributed by atoms with van der Waals surface area (Å²) in [5.74, 6) is 0.953. The van der Waals surface area contributed by atoms with Crippen LogP contribution in [-0.4, -0.2) is 30.2 Å². The standard InChI is InChI=1S/C15H26N.BrH/c1-2-4-6-10-15-14-9-8-12-16(15,13-14)11-7-5-3-1;/h8-9,14-15H,1-7,10-13H2;1H/q+1;/p-1. The van der Waals surface area contributed by atoms with Crippen molar-refractivity contribution in [3.63, 3.8) is 0 Å². The summed E-state index contributed by atoms with van der Waals surface area (Å²) < 4.78 is 1.47. The summed E-state index contributed by atoms with van der Waals surface area (Å²) in [4.78, 5) is 0. The minimum absolute atomic E-state index is 0. The molecule has 4 rings (SSSR count). The fourth-order valence-corrected chi connectivity index (χ4v) is 4.29. The van der Waals surface area contributed by atoms with Gasteiger partial charge in [-0.05, 0) is 25.3 Å². The number of nitrogens with zero attached hydrogens (tertiary/aromatic N) is 1. The van der Waals surface area contributed by atoms with Gasteiger partial charge in [0.25, 0.3) is 0 Å². The van der Waals surface area contributed by atoms with Crippen LogP contribution in [0, 0.1) is 5.92 Å². The number of quaternary nitrogens is 1. The van der Waals surface area contributed by atoms with Crippen LogP contribution in [0.2, 0.25) is 0 Å². The molecule has 17 heavy (non-hydrogen) atoms. The van der Waals surface area contributed by atoms with Gasteiger partial charge in [-0.1, -0.05) is 31.8 Å². The topological polar surface area (TPSA) is 0 Å². The number of fused-ring (bicyclic) bond motifs is 1. The third-order valence-corrected chi connectivity index (χ3v) is 5.23. The normalized spacial score (nSPS) is 41.4. The Morgan fingerprint density at radius 3 is 2.35 bits per heavy atom. The predicted molar refractivity (Wildman–Crippen MR) is 68.2 cm³/mol. The van der Waals surface area contributed by atoms with E-state index in [2.05, 4.69) is 12.2 Å². The van der Waals surface area contributed by atoms with E-state index in [4.69, 9.17) is 0 Å². The molecule has 3 unspecified atom stereocenters. The van der Waals surface area contributed by atoms with Crippen molar-refractivity contribution in [2.45, 2.75) is 57.4 Å². The van der Waals surface area contributed by atoms with Crippen LogP contribution in [0.25, 0.3) is 0 Å². The molecule has 4 aliphatic rings. The maximum Gasteiger partial charge on any atom is 0.101 e. The molecule has 2 saturated heterocycles. The third kappa shape index (κ3) is 2.63. The molecule has 0 aromatic heterocycles. The SMILES string of the molecule is C1=CC2C[N+]3(C1)CCCCCCCCCC23.[Br-]. The highest BCUT2D eigenvalue weighted by Gasteiger charge is 2.53. The lowest BCUT2D eigenvalue weighted by Gasteiger charge is -2.59. The van der Waals surface area contributed by atoms with Gasteiger partial charge in [-0.25, -0.2) is 0 Å². The van der Waals surface area contributed by atoms with Crippen molar-refractivity contribution in [2.24, 2.45) is 5.92 Å². The molecular formula is C15H26BrN. The molecule has 0 saturated carbocycles. The molecule has 0 amide bonds. The van der Waals surface area contributed by atoms with Gasteiger partial charge in [-0.3, -0.25) is 0 Å². The van der Waals surface area contributed by atoms with Gasteiger partial charge < -0.3 is 21.5 Å². The van der Waals surface area contributed by atoms with Crippen molar-refractivity contribution in [3.05, 3.63) is 12.2 Å². The molecule has 0 aromatic carbocycles. The average Bonchev–Trinajstić information content (AvgIpc) is 2.34. The molecule has 4 aliphatic heterocycles. The number of hydrogen-bond donors (Lipinski definition) is 0. The van der Waals surface area contributed by atoms with Gasteiger partial charge in [-0.2, -0.15) is 0 Å². The fourth-order valence-electron chi connectivity index (χ4n) is 4.29. The first kappa shape index (κ1) is 13.6. The van der Waals surface area contributed by atoms with E-state index in [1.165, 1.54) is 75.5 Å². The van der Waals surface area contributed by atoms with E-state index in [9.17, 15) is 0 Å². The van der Waals surface area contributed by atoms with Crippen LogP contribution in [0.4, 0.5) is 0 Å². The van der Waals surface area contributed by atoms with Gasteiger partial charge in [0.05, 0.1) is 25.6 Å². The fraction of sp³-hybridized carbons (Fsp3) is 0.867. The second-order valence-corrected chi connectivity index (χ2v) is 6.23. The van der Waals surface area contributed by atoms with Gasteiger partial charge in [0, 0.05) is 6.42 Å². The largest absolute Gasteiger partial charge is 1.00 e. The molecule has 2 fully saturated rings. The lowest BCUT2D eigenvalue weighted by Crippen LogP contribution is -3.00. The lowest BCUT2D eigenvalue weighted by molar-refractivity contribution is -0.996. The Morgan fingerprint density at radius 1 is 0.882 bits per heavy atom. The Labute approximate surface area is 117 Å². The van der Waals surface area contributed by atoms with Crippen LogP contribution < -0.4 is 17.0 Å². The summed E-state index contributed by atoms with van der Waals surface area (Å²) in [7, 11) is 0. The van der Waals surface area contributed by atoms with Crippen LogP contribution in [-0.2, 0) is 0 Å². The molecular weight excluding hydrogens is 274 g/mol. The zero-order valence-corrected chi connectivity index (χ0v) is 12.5. The van der Waals surface area contributed by atoms with Crippen molar-refractivity contribution >= 4 is 0 Å². The molecule has 1 spiro atoms. The van der Waals surface area contributed by atoms with Crippen molar-refractivity contribution in [1.29, 1.82) is 0 Å². The van der Waals surface area contributed by atoms with Gasteiger partial charge in [-0.15, -0.1) is 0 Å². The summed E-state index contributed by atoms with van der Waals surface area (Å²) in [5, 5.41) is 0. The van der Waals surface area contributed by atoms with Crippen LogP contribution >= 0.6 is 0 Å². The van der Waals surface area contributed by atoms with Crippen molar-refractivity contribution in [3.8, 4) is 0 Å². The first-order valence-corrected chi connectivity index (χ1v) is 7.43. The van der Waals surface area contributed by atoms with E-state index in [0.29, 0.717) is 0 Å². The Hall–Kier alpha value is 0.180. The molecule has 2 bridgehead atoms. The molecule has 0 N–H and O–H groups in total. The van der Waals surface area contributed by atoms with Crippen LogP contribution in [0.5, 0.6) is 0 Å². The zero-order valence-electron chi connectivity index (χ0n) is 10.9. The summed E-state index contributed by atoms with van der Waals surface area (Å²) in [6.45, 7) is 4.30. The van der Waals surface area contributed by atoms with Crippen molar-refractivity contribution in [1.82, 2.24) is 0 Å².